The van der Waals surface area contributed by atoms with E-state index in [1.165, 1.54) is 24.0 Å². The van der Waals surface area contributed by atoms with Gasteiger partial charge in [-0.3, -0.25) is 9.78 Å². The van der Waals surface area contributed by atoms with Crippen molar-refractivity contribution in [2.24, 2.45) is 11.5 Å². The summed E-state index contributed by atoms with van der Waals surface area (Å²) in [6.45, 7) is 1.04. The first-order valence-corrected chi connectivity index (χ1v) is 12.9. The molecule has 0 spiro atoms. The van der Waals surface area contributed by atoms with E-state index in [9.17, 15) is 23.1 Å². The maximum atomic E-state index is 13.0. The van der Waals surface area contributed by atoms with E-state index in [0.29, 0.717) is 23.2 Å². The molecule has 37 heavy (non-hydrogen) atoms. The molecule has 1 aliphatic carbocycles. The van der Waals surface area contributed by atoms with Crippen LogP contribution in [0, 0.1) is 0 Å². The monoisotopic (exact) mass is 545 g/mol. The molecule has 9 nitrogen and oxygen atoms in total. The van der Waals surface area contributed by atoms with Gasteiger partial charge in [-0.05, 0) is 51.7 Å². The SMILES string of the molecule is CN(C)CCCNC(=O)COC1[C@@H](OCSc2ccnc3cc(C(F)(F)F)ccc23)C(N)C[C@@H](N)[C@H]1O. The summed E-state index contributed by atoms with van der Waals surface area (Å²) in [5.41, 5.74) is 11.7. The Morgan fingerprint density at radius 3 is 2.68 bits per heavy atom. The number of amides is 1. The van der Waals surface area contributed by atoms with Crippen LogP contribution in [-0.2, 0) is 20.4 Å². The number of hydrogen-bond acceptors (Lipinski definition) is 9. The smallest absolute Gasteiger partial charge is 0.389 e. The molecular formula is C24H34F3N5O4S. The normalized spacial score (nSPS) is 24.5. The first kappa shape index (κ1) is 29.6. The first-order valence-electron chi connectivity index (χ1n) is 11.9. The third-order valence-corrected chi connectivity index (χ3v) is 7.00. The number of ether oxygens (including phenoxy) is 2. The lowest BCUT2D eigenvalue weighted by Gasteiger charge is -2.41. The quantitative estimate of drug-likeness (QED) is 0.188. The van der Waals surface area contributed by atoms with E-state index in [2.05, 4.69) is 10.3 Å². The average molecular weight is 546 g/mol. The molecule has 1 aromatic heterocycles. The lowest BCUT2D eigenvalue weighted by molar-refractivity contribution is -0.156. The van der Waals surface area contributed by atoms with Crippen molar-refractivity contribution in [3.05, 3.63) is 36.0 Å². The van der Waals surface area contributed by atoms with Gasteiger partial charge in [0.2, 0.25) is 5.91 Å². The summed E-state index contributed by atoms with van der Waals surface area (Å²) in [5, 5.41) is 14.0. The minimum atomic E-state index is -4.46. The number of aromatic nitrogens is 1. The first-order chi connectivity index (χ1) is 17.5. The summed E-state index contributed by atoms with van der Waals surface area (Å²) in [4.78, 5) is 18.9. The van der Waals surface area contributed by atoms with Gasteiger partial charge in [0.1, 0.15) is 18.8 Å². The summed E-state index contributed by atoms with van der Waals surface area (Å²) in [5.74, 6) is -0.245. The van der Waals surface area contributed by atoms with Crippen molar-refractivity contribution < 1.29 is 32.5 Å². The summed E-state index contributed by atoms with van der Waals surface area (Å²) >= 11 is 1.25. The number of fused-ring (bicyclic) bond motifs is 1. The highest BCUT2D eigenvalue weighted by atomic mass is 32.2. The number of halogens is 3. The van der Waals surface area contributed by atoms with E-state index in [1.54, 1.807) is 6.07 Å². The number of pyridine rings is 1. The maximum Gasteiger partial charge on any atom is 0.416 e. The zero-order valence-electron chi connectivity index (χ0n) is 20.8. The number of benzene rings is 1. The number of thioether (sulfide) groups is 1. The van der Waals surface area contributed by atoms with Crippen LogP contribution in [0.25, 0.3) is 10.9 Å². The summed E-state index contributed by atoms with van der Waals surface area (Å²) in [6, 6.07) is 3.90. The van der Waals surface area contributed by atoms with Gasteiger partial charge < -0.3 is 36.3 Å². The third-order valence-electron chi connectivity index (χ3n) is 6.08. The van der Waals surface area contributed by atoms with E-state index >= 15 is 0 Å². The molecule has 13 heteroatoms. The number of aliphatic hydroxyl groups is 1. The Morgan fingerprint density at radius 1 is 1.22 bits per heavy atom. The van der Waals surface area contributed by atoms with Gasteiger partial charge in [0.05, 0.1) is 23.1 Å². The molecule has 206 valence electrons. The lowest BCUT2D eigenvalue weighted by Crippen LogP contribution is -2.63. The second kappa shape index (κ2) is 13.2. The van der Waals surface area contributed by atoms with Crippen molar-refractivity contribution in [2.45, 2.75) is 54.3 Å². The third kappa shape index (κ3) is 8.24. The molecule has 2 unspecified atom stereocenters. The van der Waals surface area contributed by atoms with Gasteiger partial charge in [0, 0.05) is 35.1 Å². The molecule has 1 fully saturated rings. The summed E-state index contributed by atoms with van der Waals surface area (Å²) < 4.78 is 50.8. The maximum absolute atomic E-state index is 13.0. The Balaban J connectivity index is 1.60. The molecule has 0 aliphatic heterocycles. The summed E-state index contributed by atoms with van der Waals surface area (Å²) in [6.07, 6.45) is -4.69. The zero-order valence-corrected chi connectivity index (χ0v) is 21.6. The zero-order chi connectivity index (χ0) is 27.2. The number of carbonyl (C=O) groups excluding carboxylic acids is 1. The Hall–Kier alpha value is -2.00. The van der Waals surface area contributed by atoms with Gasteiger partial charge >= 0.3 is 6.18 Å². The number of alkyl halides is 3. The Morgan fingerprint density at radius 2 is 1.97 bits per heavy atom. The Bertz CT molecular complexity index is 1050. The number of nitrogens with one attached hydrogen (secondary N) is 1. The predicted molar refractivity (Wildman–Crippen MR) is 135 cm³/mol. The van der Waals surface area contributed by atoms with E-state index in [-0.39, 0.29) is 24.0 Å². The highest BCUT2D eigenvalue weighted by Gasteiger charge is 2.43. The molecule has 1 aromatic carbocycles. The van der Waals surface area contributed by atoms with E-state index in [0.717, 1.165) is 25.1 Å². The van der Waals surface area contributed by atoms with Crippen LogP contribution in [0.4, 0.5) is 13.2 Å². The fraction of sp³-hybridized carbons (Fsp3) is 0.583. The van der Waals surface area contributed by atoms with Gasteiger partial charge in [-0.1, -0.05) is 17.8 Å². The van der Waals surface area contributed by atoms with Crippen LogP contribution in [0.2, 0.25) is 0 Å². The minimum Gasteiger partial charge on any atom is -0.389 e. The molecule has 1 heterocycles. The highest BCUT2D eigenvalue weighted by Crippen LogP contribution is 2.34. The molecule has 1 aliphatic rings. The lowest BCUT2D eigenvalue weighted by atomic mass is 9.84. The van der Waals surface area contributed by atoms with Crippen molar-refractivity contribution >= 4 is 28.6 Å². The summed E-state index contributed by atoms with van der Waals surface area (Å²) in [7, 11) is 3.89. The number of aliphatic hydroxyl groups excluding tert-OH is 1. The molecule has 0 saturated heterocycles. The predicted octanol–water partition coefficient (Wildman–Crippen LogP) is 1.56. The van der Waals surface area contributed by atoms with Crippen molar-refractivity contribution in [1.82, 2.24) is 15.2 Å². The van der Waals surface area contributed by atoms with Crippen LogP contribution >= 0.6 is 11.8 Å². The Kier molecular flexibility index (Phi) is 10.5. The number of carbonyl (C=O) groups is 1. The fourth-order valence-electron chi connectivity index (χ4n) is 4.13. The van der Waals surface area contributed by atoms with Crippen molar-refractivity contribution in [1.29, 1.82) is 0 Å². The minimum absolute atomic E-state index is 0.0804. The standard InChI is InChI=1S/C24H34F3N5O4S/c1-32(2)9-3-7-31-20(33)12-35-23-21(34)16(28)11-17(29)22(23)36-13-37-19-6-8-30-18-10-14(24(25,26)27)4-5-15(18)19/h4-6,8,10,16-17,21-23,34H,3,7,9,11-13,28-29H2,1-2H3,(H,31,33)/t16-,17?,21-,22+,23?/m1/s1. The molecule has 1 amide bonds. The molecule has 3 rings (SSSR count). The van der Waals surface area contributed by atoms with Crippen molar-refractivity contribution in [3.63, 3.8) is 0 Å². The van der Waals surface area contributed by atoms with Gasteiger partial charge in [-0.2, -0.15) is 13.2 Å². The van der Waals surface area contributed by atoms with Gasteiger partial charge in [0.25, 0.3) is 0 Å². The van der Waals surface area contributed by atoms with E-state index < -0.39 is 42.1 Å². The number of nitrogens with two attached hydrogens (primary N) is 2. The van der Waals surface area contributed by atoms with Crippen LogP contribution in [0.1, 0.15) is 18.4 Å². The fourth-order valence-corrected chi connectivity index (χ4v) is 4.96. The topological polar surface area (TPSA) is 136 Å². The van der Waals surface area contributed by atoms with Crippen LogP contribution in [0.15, 0.2) is 35.4 Å². The largest absolute Gasteiger partial charge is 0.416 e. The average Bonchev–Trinajstić information content (AvgIpc) is 2.83. The van der Waals surface area contributed by atoms with Crippen LogP contribution in [-0.4, -0.2) is 91.0 Å². The molecule has 0 bridgehead atoms. The number of rotatable bonds is 11. The van der Waals surface area contributed by atoms with Gasteiger partial charge in [-0.15, -0.1) is 0 Å². The second-order valence-electron chi connectivity index (χ2n) is 9.27. The number of nitrogens with zero attached hydrogens (tertiary/aromatic N) is 2. The highest BCUT2D eigenvalue weighted by molar-refractivity contribution is 7.99. The molecule has 0 radical (unpaired) electrons. The van der Waals surface area contributed by atoms with Crippen LogP contribution in [0.3, 0.4) is 0 Å². The van der Waals surface area contributed by atoms with Crippen molar-refractivity contribution in [3.8, 4) is 0 Å². The Labute approximate surface area is 218 Å². The number of hydrogen-bond donors (Lipinski definition) is 4. The van der Waals surface area contributed by atoms with Crippen LogP contribution in [0.5, 0.6) is 0 Å². The van der Waals surface area contributed by atoms with E-state index in [1.807, 2.05) is 19.0 Å². The second-order valence-corrected chi connectivity index (χ2v) is 10.2. The van der Waals surface area contributed by atoms with Crippen LogP contribution < -0.4 is 16.8 Å². The molecule has 1 saturated carbocycles. The van der Waals surface area contributed by atoms with Crippen molar-refractivity contribution in [2.75, 3.05) is 39.7 Å². The molecule has 2 aromatic rings. The molecule has 5 atom stereocenters. The van der Waals surface area contributed by atoms with Gasteiger partial charge in [0.15, 0.2) is 0 Å². The molecular weight excluding hydrogens is 511 g/mol. The van der Waals surface area contributed by atoms with Gasteiger partial charge in [-0.25, -0.2) is 0 Å². The molecule has 6 N–H and O–H groups in total. The van der Waals surface area contributed by atoms with E-state index in [4.69, 9.17) is 20.9 Å².